The summed E-state index contributed by atoms with van der Waals surface area (Å²) in [5, 5.41) is 3.83. The number of piperidine rings is 1. The van der Waals surface area contributed by atoms with Crippen LogP contribution < -0.4 is 0 Å². The highest BCUT2D eigenvalue weighted by molar-refractivity contribution is 5.78. The van der Waals surface area contributed by atoms with E-state index < -0.39 is 0 Å². The van der Waals surface area contributed by atoms with E-state index >= 15 is 0 Å². The number of rotatable bonds is 7. The number of benzene rings is 1. The fourth-order valence-electron chi connectivity index (χ4n) is 2.96. The summed E-state index contributed by atoms with van der Waals surface area (Å²) in [5.74, 6) is 0.510. The quantitative estimate of drug-likeness (QED) is 0.750. The van der Waals surface area contributed by atoms with Crippen LogP contribution in [0, 0.1) is 5.82 Å². The zero-order chi connectivity index (χ0) is 18.4. The molecular formula is C18H22FN3O4. The molecule has 0 spiro atoms. The van der Waals surface area contributed by atoms with Gasteiger partial charge >= 0.3 is 0 Å². The zero-order valence-electron chi connectivity index (χ0n) is 14.7. The minimum Gasteiger partial charge on any atom is -0.375 e. The van der Waals surface area contributed by atoms with Gasteiger partial charge in [-0.3, -0.25) is 4.79 Å². The number of aromatic nitrogens is 2. The van der Waals surface area contributed by atoms with E-state index in [1.54, 1.807) is 24.1 Å². The molecule has 0 N–H and O–H groups in total. The molecule has 1 aromatic heterocycles. The Bertz CT molecular complexity index is 737. The van der Waals surface area contributed by atoms with Crippen LogP contribution in [0.15, 0.2) is 28.8 Å². The van der Waals surface area contributed by atoms with Crippen molar-refractivity contribution in [1.29, 1.82) is 0 Å². The number of nitrogens with zero attached hydrogens (tertiary/aromatic N) is 3. The number of methoxy groups -OCH3 is 1. The van der Waals surface area contributed by atoms with Gasteiger partial charge in [0.15, 0.2) is 5.82 Å². The molecule has 8 heteroatoms. The maximum absolute atomic E-state index is 13.3. The van der Waals surface area contributed by atoms with Crippen LogP contribution in [0.25, 0.3) is 0 Å². The predicted octanol–water partition coefficient (Wildman–Crippen LogP) is 2.11. The molecule has 140 valence electrons. The van der Waals surface area contributed by atoms with Gasteiger partial charge in [-0.2, -0.15) is 4.98 Å². The molecule has 7 nitrogen and oxygen atoms in total. The van der Waals surface area contributed by atoms with Gasteiger partial charge in [-0.1, -0.05) is 17.3 Å². The molecule has 0 aliphatic carbocycles. The number of carbonyl (C=O) groups is 1. The monoisotopic (exact) mass is 363 g/mol. The van der Waals surface area contributed by atoms with Crippen molar-refractivity contribution in [1.82, 2.24) is 15.0 Å². The summed E-state index contributed by atoms with van der Waals surface area (Å²) in [5.41, 5.74) is 0.676. The Morgan fingerprint density at radius 3 is 3.12 bits per heavy atom. The number of ether oxygens (including phenoxy) is 2. The highest BCUT2D eigenvalue weighted by atomic mass is 19.1. The highest BCUT2D eigenvalue weighted by Gasteiger charge is 2.24. The van der Waals surface area contributed by atoms with Gasteiger partial charge in [0.2, 0.25) is 5.91 Å². The average molecular weight is 363 g/mol. The number of amides is 1. The summed E-state index contributed by atoms with van der Waals surface area (Å²) < 4.78 is 29.0. The third-order valence-corrected chi connectivity index (χ3v) is 4.20. The molecule has 1 fully saturated rings. The minimum atomic E-state index is -0.330. The van der Waals surface area contributed by atoms with Gasteiger partial charge in [0.25, 0.3) is 5.89 Å². The van der Waals surface area contributed by atoms with E-state index in [2.05, 4.69) is 10.1 Å². The van der Waals surface area contributed by atoms with Crippen LogP contribution in [0.3, 0.4) is 0 Å². The maximum atomic E-state index is 13.3. The molecule has 1 aliphatic heterocycles. The summed E-state index contributed by atoms with van der Waals surface area (Å²) in [6, 6.07) is 6.13. The molecular weight excluding hydrogens is 341 g/mol. The Hall–Kier alpha value is -2.32. The Morgan fingerprint density at radius 2 is 2.31 bits per heavy atom. The Kier molecular flexibility index (Phi) is 6.30. The lowest BCUT2D eigenvalue weighted by Gasteiger charge is -2.32. The molecule has 0 saturated carbocycles. The van der Waals surface area contributed by atoms with E-state index in [1.165, 1.54) is 12.1 Å². The van der Waals surface area contributed by atoms with E-state index in [-0.39, 0.29) is 37.5 Å². The van der Waals surface area contributed by atoms with E-state index in [9.17, 15) is 9.18 Å². The number of halogens is 1. The van der Waals surface area contributed by atoms with Gasteiger partial charge in [-0.05, 0) is 30.5 Å². The van der Waals surface area contributed by atoms with Gasteiger partial charge in [0, 0.05) is 20.2 Å². The molecule has 1 saturated heterocycles. The summed E-state index contributed by atoms with van der Waals surface area (Å²) in [7, 11) is 1.55. The van der Waals surface area contributed by atoms with E-state index in [0.29, 0.717) is 30.4 Å². The fraction of sp³-hybridized carbons (Fsp3) is 0.500. The topological polar surface area (TPSA) is 77.7 Å². The average Bonchev–Trinajstić information content (AvgIpc) is 3.08. The van der Waals surface area contributed by atoms with Crippen LogP contribution in [-0.4, -0.2) is 47.3 Å². The Balaban J connectivity index is 1.49. The van der Waals surface area contributed by atoms with Crippen molar-refractivity contribution >= 4 is 5.91 Å². The van der Waals surface area contributed by atoms with Gasteiger partial charge in [0.05, 0.1) is 12.5 Å². The van der Waals surface area contributed by atoms with Crippen molar-refractivity contribution in [3.05, 3.63) is 47.4 Å². The van der Waals surface area contributed by atoms with Crippen LogP contribution in [0.4, 0.5) is 4.39 Å². The molecule has 26 heavy (non-hydrogen) atoms. The van der Waals surface area contributed by atoms with Gasteiger partial charge in [0.1, 0.15) is 19.0 Å². The van der Waals surface area contributed by atoms with Crippen molar-refractivity contribution in [2.24, 2.45) is 0 Å². The number of hydrogen-bond donors (Lipinski definition) is 0. The Labute approximate surface area is 151 Å². The van der Waals surface area contributed by atoms with Crippen molar-refractivity contribution in [2.75, 3.05) is 20.2 Å². The Morgan fingerprint density at radius 1 is 1.42 bits per heavy atom. The molecule has 1 aliphatic rings. The third kappa shape index (κ3) is 5.09. The van der Waals surface area contributed by atoms with Crippen LogP contribution in [-0.2, 0) is 33.9 Å². The van der Waals surface area contributed by atoms with E-state index in [1.807, 2.05) is 0 Å². The highest BCUT2D eigenvalue weighted by Crippen LogP contribution is 2.16. The second-order valence-corrected chi connectivity index (χ2v) is 6.26. The van der Waals surface area contributed by atoms with Crippen molar-refractivity contribution in [3.8, 4) is 0 Å². The smallest absolute Gasteiger partial charge is 0.252 e. The number of hydrogen-bond acceptors (Lipinski definition) is 6. The molecule has 3 rings (SSSR count). The van der Waals surface area contributed by atoms with E-state index in [4.69, 9.17) is 14.0 Å². The second kappa shape index (κ2) is 8.86. The SMILES string of the molecule is COCc1nc(COC2CCCN(C(=O)Cc3cccc(F)c3)C2)no1. The predicted molar refractivity (Wildman–Crippen MR) is 89.5 cm³/mol. The molecule has 1 atom stereocenters. The third-order valence-electron chi connectivity index (χ3n) is 4.20. The van der Waals surface area contributed by atoms with Crippen molar-refractivity contribution in [3.63, 3.8) is 0 Å². The van der Waals surface area contributed by atoms with Gasteiger partial charge in [-0.25, -0.2) is 4.39 Å². The molecule has 1 aromatic carbocycles. The molecule has 2 aromatic rings. The zero-order valence-corrected chi connectivity index (χ0v) is 14.7. The number of carbonyl (C=O) groups excluding carboxylic acids is 1. The van der Waals surface area contributed by atoms with Crippen LogP contribution in [0.2, 0.25) is 0 Å². The summed E-state index contributed by atoms with van der Waals surface area (Å²) >= 11 is 0. The first-order valence-electron chi connectivity index (χ1n) is 8.58. The van der Waals surface area contributed by atoms with Crippen LogP contribution in [0.1, 0.15) is 30.1 Å². The van der Waals surface area contributed by atoms with Crippen molar-refractivity contribution in [2.45, 2.75) is 38.6 Å². The minimum absolute atomic E-state index is 0.0224. The van der Waals surface area contributed by atoms with Crippen molar-refractivity contribution < 1.29 is 23.2 Å². The fourth-order valence-corrected chi connectivity index (χ4v) is 2.96. The van der Waals surface area contributed by atoms with Gasteiger partial charge in [-0.15, -0.1) is 0 Å². The van der Waals surface area contributed by atoms with E-state index in [0.717, 1.165) is 12.8 Å². The standard InChI is InChI=1S/C18H22FN3O4/c1-24-12-17-20-16(21-26-17)11-25-15-6-3-7-22(10-15)18(23)9-13-4-2-5-14(19)8-13/h2,4-5,8,15H,3,6-7,9-12H2,1H3. The molecule has 0 radical (unpaired) electrons. The lowest BCUT2D eigenvalue weighted by Crippen LogP contribution is -2.43. The molecule has 2 heterocycles. The van der Waals surface area contributed by atoms with Crippen LogP contribution >= 0.6 is 0 Å². The summed E-state index contributed by atoms with van der Waals surface area (Å²) in [4.78, 5) is 18.4. The summed E-state index contributed by atoms with van der Waals surface area (Å²) in [6.07, 6.45) is 1.84. The lowest BCUT2D eigenvalue weighted by molar-refractivity contribution is -0.135. The first kappa shape index (κ1) is 18.5. The summed E-state index contributed by atoms with van der Waals surface area (Å²) in [6.45, 7) is 1.69. The molecule has 1 unspecified atom stereocenters. The largest absolute Gasteiger partial charge is 0.375 e. The van der Waals surface area contributed by atoms with Gasteiger partial charge < -0.3 is 18.9 Å². The first-order chi connectivity index (χ1) is 12.6. The first-order valence-corrected chi connectivity index (χ1v) is 8.58. The maximum Gasteiger partial charge on any atom is 0.252 e. The number of likely N-dealkylation sites (tertiary alicyclic amines) is 1. The molecule has 0 bridgehead atoms. The molecule has 1 amide bonds. The lowest BCUT2D eigenvalue weighted by atomic mass is 10.1. The second-order valence-electron chi connectivity index (χ2n) is 6.26. The van der Waals surface area contributed by atoms with Crippen LogP contribution in [0.5, 0.6) is 0 Å². The normalized spacial score (nSPS) is 17.5.